The summed E-state index contributed by atoms with van der Waals surface area (Å²) in [5, 5.41) is 17.4. The third kappa shape index (κ3) is 9.82. The van der Waals surface area contributed by atoms with Gasteiger partial charge in [-0.05, 0) is 90.8 Å². The minimum atomic E-state index is -0.725. The van der Waals surface area contributed by atoms with Gasteiger partial charge in [0.15, 0.2) is 0 Å². The lowest BCUT2D eigenvalue weighted by Gasteiger charge is -2.22. The molecule has 4 heterocycles. The summed E-state index contributed by atoms with van der Waals surface area (Å²) in [5.74, 6) is -0.405. The Morgan fingerprint density at radius 1 is 1.02 bits per heavy atom. The van der Waals surface area contributed by atoms with Crippen molar-refractivity contribution in [3.8, 4) is 0 Å². The molecule has 1 aliphatic carbocycles. The first-order valence-electron chi connectivity index (χ1n) is 19.8. The first-order valence-corrected chi connectivity index (χ1v) is 19.8. The van der Waals surface area contributed by atoms with Crippen molar-refractivity contribution in [2.24, 2.45) is 7.05 Å². The highest BCUT2D eigenvalue weighted by atomic mass is 16.6. The van der Waals surface area contributed by atoms with Gasteiger partial charge in [0, 0.05) is 44.3 Å². The molecule has 6 rings (SSSR count). The second kappa shape index (κ2) is 17.9. The van der Waals surface area contributed by atoms with Crippen LogP contribution in [0.5, 0.6) is 0 Å². The molecule has 308 valence electrons. The predicted molar refractivity (Wildman–Crippen MR) is 211 cm³/mol. The molecule has 4 amide bonds. The van der Waals surface area contributed by atoms with Gasteiger partial charge in [-0.15, -0.1) is 0 Å². The summed E-state index contributed by atoms with van der Waals surface area (Å²) in [7, 11) is 1.70. The van der Waals surface area contributed by atoms with E-state index < -0.39 is 23.6 Å². The summed E-state index contributed by atoms with van der Waals surface area (Å²) >= 11 is 0. The Hall–Kier alpha value is -5.29. The maximum Gasteiger partial charge on any atom is 0.407 e. The van der Waals surface area contributed by atoms with Crippen molar-refractivity contribution < 1.29 is 33.4 Å². The Labute approximate surface area is 331 Å². The van der Waals surface area contributed by atoms with E-state index in [9.17, 15) is 24.0 Å². The number of para-hydroxylation sites is 1. The van der Waals surface area contributed by atoms with Gasteiger partial charge in [-0.3, -0.25) is 33.5 Å². The molecule has 1 saturated heterocycles. The average Bonchev–Trinajstić information content (AvgIpc) is 3.94. The van der Waals surface area contributed by atoms with Crippen LogP contribution >= 0.6 is 0 Å². The average molecular weight is 790 g/mol. The fourth-order valence-corrected chi connectivity index (χ4v) is 7.61. The summed E-state index contributed by atoms with van der Waals surface area (Å²) in [5.41, 5.74) is 2.97. The zero-order chi connectivity index (χ0) is 40.9. The van der Waals surface area contributed by atoms with Crippen LogP contribution in [0.3, 0.4) is 0 Å². The largest absolute Gasteiger partial charge is 0.446 e. The molecule has 3 atom stereocenters. The van der Waals surface area contributed by atoms with Crippen molar-refractivity contribution in [2.75, 3.05) is 31.7 Å². The van der Waals surface area contributed by atoms with Gasteiger partial charge in [-0.25, -0.2) is 14.3 Å². The molecule has 1 aromatic carbocycles. The number of aromatic nitrogens is 6. The first-order chi connectivity index (χ1) is 27.2. The topological polar surface area (TPSA) is 195 Å². The molecule has 0 radical (unpaired) electrons. The molecule has 17 nitrogen and oxygen atoms in total. The molecule has 1 saturated carbocycles. The minimum Gasteiger partial charge on any atom is -0.446 e. The van der Waals surface area contributed by atoms with E-state index in [1.54, 1.807) is 28.6 Å². The van der Waals surface area contributed by atoms with E-state index in [2.05, 4.69) is 21.0 Å². The Morgan fingerprint density at radius 3 is 2.53 bits per heavy atom. The zero-order valence-corrected chi connectivity index (χ0v) is 33.7. The molecule has 0 bridgehead atoms. The molecule has 57 heavy (non-hydrogen) atoms. The van der Waals surface area contributed by atoms with Crippen LogP contribution in [-0.4, -0.2) is 91.1 Å². The third-order valence-electron chi connectivity index (χ3n) is 10.3. The lowest BCUT2D eigenvalue weighted by atomic mass is 10.0. The van der Waals surface area contributed by atoms with Crippen molar-refractivity contribution in [3.63, 3.8) is 0 Å². The Bertz CT molecular complexity index is 2140. The minimum absolute atomic E-state index is 0.00156. The summed E-state index contributed by atoms with van der Waals surface area (Å²) in [6, 6.07) is 8.54. The number of aryl methyl sites for hydroxylation is 2. The van der Waals surface area contributed by atoms with E-state index in [0.29, 0.717) is 69.3 Å². The van der Waals surface area contributed by atoms with Crippen LogP contribution in [0.25, 0.3) is 11.0 Å². The first kappa shape index (κ1) is 41.3. The monoisotopic (exact) mass is 789 g/mol. The zero-order valence-electron chi connectivity index (χ0n) is 33.7. The number of alkyl carbamates (subject to hydrolysis) is 1. The maximum absolute atomic E-state index is 13.5. The molecule has 0 spiro atoms. The van der Waals surface area contributed by atoms with E-state index in [4.69, 9.17) is 19.3 Å². The number of fused-ring (bicyclic) bond motifs is 1. The molecular formula is C40H55N9O8. The van der Waals surface area contributed by atoms with Gasteiger partial charge in [0.05, 0.1) is 48.6 Å². The standard InChI is InChI=1S/C40H55N9O8/c1-25(2)42-38(53)57-28-13-12-27(23-28)29-24-33(49(45-29)40(3,4)5)43-36(51)31-16-17-41-47(31)18-20-56-22-21-55-19-8-10-26-9-7-11-30-35(26)46(6)39(54)48(30)32-14-15-34(50)44-37(32)52/h7,9,11,16-17,24-25,27-28,32H,8,10,12-15,18-23H2,1-6H3,(H,42,53)(H,43,51)(H,44,50,52)/t27-,28+,32?/m0/s1. The molecule has 2 fully saturated rings. The van der Waals surface area contributed by atoms with Gasteiger partial charge in [0.1, 0.15) is 23.7 Å². The summed E-state index contributed by atoms with van der Waals surface area (Å²) < 4.78 is 23.7. The third-order valence-corrected chi connectivity index (χ3v) is 10.3. The molecule has 2 aliphatic rings. The molecule has 1 aliphatic heterocycles. The number of nitrogens with zero attached hydrogens (tertiary/aromatic N) is 6. The fourth-order valence-electron chi connectivity index (χ4n) is 7.61. The quantitative estimate of drug-likeness (QED) is 0.110. The van der Waals surface area contributed by atoms with Crippen LogP contribution in [0.2, 0.25) is 0 Å². The van der Waals surface area contributed by atoms with Gasteiger partial charge < -0.3 is 24.8 Å². The predicted octanol–water partition coefficient (Wildman–Crippen LogP) is 4.15. The highest BCUT2D eigenvalue weighted by molar-refractivity contribution is 6.02. The number of ether oxygens (including phenoxy) is 3. The second-order valence-electron chi connectivity index (χ2n) is 16.1. The number of imide groups is 1. The Morgan fingerprint density at radius 2 is 1.79 bits per heavy atom. The number of imidazole rings is 1. The Kier molecular flexibility index (Phi) is 13.0. The lowest BCUT2D eigenvalue weighted by Crippen LogP contribution is -2.44. The van der Waals surface area contributed by atoms with Crippen LogP contribution < -0.4 is 21.6 Å². The summed E-state index contributed by atoms with van der Waals surface area (Å²) in [6.07, 6.45) is 5.10. The molecule has 3 aromatic heterocycles. The van der Waals surface area contributed by atoms with Crippen LogP contribution in [0.4, 0.5) is 10.6 Å². The number of hydrogen-bond acceptors (Lipinski definition) is 10. The van der Waals surface area contributed by atoms with Crippen molar-refractivity contribution >= 4 is 40.7 Å². The van der Waals surface area contributed by atoms with Crippen LogP contribution in [0.15, 0.2) is 41.3 Å². The number of carbonyl (C=O) groups excluding carboxylic acids is 4. The number of amides is 4. The van der Waals surface area contributed by atoms with Crippen molar-refractivity contribution in [2.45, 2.75) is 116 Å². The highest BCUT2D eigenvalue weighted by Gasteiger charge is 2.33. The molecule has 4 aromatic rings. The van der Waals surface area contributed by atoms with Gasteiger partial charge >= 0.3 is 11.8 Å². The van der Waals surface area contributed by atoms with Gasteiger partial charge in [0.2, 0.25) is 11.8 Å². The van der Waals surface area contributed by atoms with Gasteiger partial charge in [-0.1, -0.05) is 12.1 Å². The van der Waals surface area contributed by atoms with Crippen LogP contribution in [0.1, 0.15) is 107 Å². The van der Waals surface area contributed by atoms with Crippen LogP contribution in [-0.2, 0) is 49.4 Å². The van der Waals surface area contributed by atoms with E-state index in [1.165, 1.54) is 4.57 Å². The number of anilines is 1. The Balaban J connectivity index is 0.944. The summed E-state index contributed by atoms with van der Waals surface area (Å²) in [6.45, 7) is 11.8. The van der Waals surface area contributed by atoms with E-state index in [0.717, 1.165) is 29.6 Å². The van der Waals surface area contributed by atoms with E-state index in [1.807, 2.05) is 63.6 Å². The lowest BCUT2D eigenvalue weighted by molar-refractivity contribution is -0.135. The van der Waals surface area contributed by atoms with E-state index in [-0.39, 0.29) is 48.4 Å². The smallest absolute Gasteiger partial charge is 0.407 e. The number of piperidine rings is 1. The van der Waals surface area contributed by atoms with E-state index >= 15 is 0 Å². The summed E-state index contributed by atoms with van der Waals surface area (Å²) in [4.78, 5) is 63.1. The molecule has 3 N–H and O–H groups in total. The normalized spacial score (nSPS) is 18.7. The fraction of sp³-hybridized carbons (Fsp3) is 0.575. The molecular weight excluding hydrogens is 734 g/mol. The van der Waals surface area contributed by atoms with Crippen LogP contribution in [0, 0.1) is 0 Å². The second-order valence-corrected chi connectivity index (χ2v) is 16.1. The number of benzene rings is 1. The van der Waals surface area contributed by atoms with Crippen molar-refractivity contribution in [1.82, 2.24) is 39.3 Å². The van der Waals surface area contributed by atoms with Crippen molar-refractivity contribution in [3.05, 3.63) is 64.0 Å². The van der Waals surface area contributed by atoms with Gasteiger partial charge in [0.25, 0.3) is 5.91 Å². The number of hydrogen-bond donors (Lipinski definition) is 3. The van der Waals surface area contributed by atoms with Crippen molar-refractivity contribution in [1.29, 1.82) is 0 Å². The molecule has 1 unspecified atom stereocenters. The number of carbonyl (C=O) groups is 4. The SMILES string of the molecule is CC(C)NC(=O)O[C@@H]1CC[C@H](c2cc(NC(=O)c3ccnn3CCOCCOCCCc3cccc4c3n(C)c(=O)n4C3CCC(=O)NC3=O)n(C(C)(C)C)n2)C1. The number of nitrogens with one attached hydrogen (secondary N) is 3. The highest BCUT2D eigenvalue weighted by Crippen LogP contribution is 2.37. The number of rotatable bonds is 16. The maximum atomic E-state index is 13.5. The van der Waals surface area contributed by atoms with Gasteiger partial charge in [-0.2, -0.15) is 10.2 Å². The molecule has 17 heteroatoms.